The van der Waals surface area contributed by atoms with Crippen LogP contribution in [0.4, 0.5) is 0 Å². The molecule has 0 bridgehead atoms. The molecule has 0 saturated carbocycles. The van der Waals surface area contributed by atoms with Crippen LogP contribution in [-0.2, 0) is 11.8 Å². The summed E-state index contributed by atoms with van der Waals surface area (Å²) in [7, 11) is 1.74. The minimum absolute atomic E-state index is 0.337. The van der Waals surface area contributed by atoms with E-state index in [0.29, 0.717) is 17.9 Å². The van der Waals surface area contributed by atoms with Gasteiger partial charge in [0.2, 0.25) is 0 Å². The maximum absolute atomic E-state index is 11.4. The number of carbonyl (C=O) groups excluding carboxylic acids is 2. The lowest BCUT2D eigenvalue weighted by Gasteiger charge is -2.01. The van der Waals surface area contributed by atoms with Gasteiger partial charge in [-0.1, -0.05) is 0 Å². The van der Waals surface area contributed by atoms with Crippen molar-refractivity contribution in [2.75, 3.05) is 6.61 Å². The van der Waals surface area contributed by atoms with E-state index in [1.165, 1.54) is 0 Å². The Kier molecular flexibility index (Phi) is 3.06. The quantitative estimate of drug-likeness (QED) is 0.540. The third-order valence-electron chi connectivity index (χ3n) is 2.19. The van der Waals surface area contributed by atoms with Gasteiger partial charge < -0.3 is 9.30 Å². The van der Waals surface area contributed by atoms with E-state index in [-0.39, 0.29) is 5.97 Å². The summed E-state index contributed by atoms with van der Waals surface area (Å²) < 4.78 is 6.52. The molecule has 0 unspecified atom stereocenters. The average molecular weight is 195 g/mol. The molecule has 0 aromatic carbocycles. The predicted octanol–water partition coefficient (Wildman–Crippen LogP) is 1.32. The number of esters is 1. The summed E-state index contributed by atoms with van der Waals surface area (Å²) in [6.07, 6.45) is 0.718. The molecule has 0 atom stereocenters. The van der Waals surface area contributed by atoms with Crippen LogP contribution < -0.4 is 0 Å². The van der Waals surface area contributed by atoms with Crippen LogP contribution in [0.3, 0.4) is 0 Å². The van der Waals surface area contributed by atoms with E-state index in [9.17, 15) is 9.59 Å². The van der Waals surface area contributed by atoms with Gasteiger partial charge in [0.1, 0.15) is 0 Å². The first-order valence-electron chi connectivity index (χ1n) is 4.40. The number of aromatic nitrogens is 1. The van der Waals surface area contributed by atoms with Crippen LogP contribution in [0.1, 0.15) is 33.5 Å². The molecule has 1 rings (SSSR count). The van der Waals surface area contributed by atoms with Crippen molar-refractivity contribution in [3.63, 3.8) is 0 Å². The van der Waals surface area contributed by atoms with Crippen LogP contribution in [0.15, 0.2) is 6.07 Å². The molecule has 76 valence electrons. The van der Waals surface area contributed by atoms with Crippen molar-refractivity contribution in [2.24, 2.45) is 7.05 Å². The fourth-order valence-electron chi connectivity index (χ4n) is 1.25. The molecule has 14 heavy (non-hydrogen) atoms. The van der Waals surface area contributed by atoms with Crippen molar-refractivity contribution in [1.29, 1.82) is 0 Å². The summed E-state index contributed by atoms with van der Waals surface area (Å²) >= 11 is 0. The fourth-order valence-corrected chi connectivity index (χ4v) is 1.25. The Morgan fingerprint density at radius 1 is 1.64 bits per heavy atom. The average Bonchev–Trinajstić information content (AvgIpc) is 2.44. The van der Waals surface area contributed by atoms with Gasteiger partial charge >= 0.3 is 5.97 Å². The zero-order valence-electron chi connectivity index (χ0n) is 8.53. The zero-order valence-corrected chi connectivity index (χ0v) is 8.53. The predicted molar refractivity (Wildman–Crippen MR) is 51.5 cm³/mol. The van der Waals surface area contributed by atoms with Gasteiger partial charge in [0.25, 0.3) is 0 Å². The highest BCUT2D eigenvalue weighted by atomic mass is 16.5. The molecule has 0 aliphatic rings. The summed E-state index contributed by atoms with van der Waals surface area (Å²) in [5, 5.41) is 0. The molecule has 0 N–H and O–H groups in total. The van der Waals surface area contributed by atoms with Crippen LogP contribution in [-0.4, -0.2) is 23.4 Å². The third-order valence-corrected chi connectivity index (χ3v) is 2.19. The van der Waals surface area contributed by atoms with Crippen LogP contribution in [0.25, 0.3) is 0 Å². The van der Waals surface area contributed by atoms with Gasteiger partial charge in [0, 0.05) is 12.7 Å². The lowest BCUT2D eigenvalue weighted by atomic mass is 10.2. The molecule has 1 heterocycles. The second-order valence-corrected chi connectivity index (χ2v) is 2.97. The Balaban J connectivity index is 3.10. The molecule has 0 radical (unpaired) electrons. The molecule has 4 heteroatoms. The summed E-state index contributed by atoms with van der Waals surface area (Å²) in [6, 6.07) is 1.54. The first-order valence-corrected chi connectivity index (χ1v) is 4.40. The van der Waals surface area contributed by atoms with Gasteiger partial charge in [-0.05, 0) is 19.9 Å². The molecular formula is C10H13NO3. The molecule has 0 saturated heterocycles. The Labute approximate surface area is 82.5 Å². The number of ether oxygens (including phenoxy) is 1. The van der Waals surface area contributed by atoms with Crippen molar-refractivity contribution in [1.82, 2.24) is 4.57 Å². The molecule has 0 amide bonds. The van der Waals surface area contributed by atoms with Crippen LogP contribution in [0.5, 0.6) is 0 Å². The lowest BCUT2D eigenvalue weighted by Crippen LogP contribution is -2.06. The number of rotatable bonds is 3. The van der Waals surface area contributed by atoms with Crippen LogP contribution in [0.2, 0.25) is 0 Å². The van der Waals surface area contributed by atoms with Crippen molar-refractivity contribution < 1.29 is 14.3 Å². The van der Waals surface area contributed by atoms with E-state index in [1.807, 2.05) is 0 Å². The maximum atomic E-state index is 11.4. The van der Waals surface area contributed by atoms with Gasteiger partial charge in [-0.15, -0.1) is 0 Å². The number of aldehydes is 1. The normalized spacial score (nSPS) is 9.93. The maximum Gasteiger partial charge on any atom is 0.339 e. The molecule has 4 nitrogen and oxygen atoms in total. The Morgan fingerprint density at radius 3 is 2.71 bits per heavy atom. The van der Waals surface area contributed by atoms with Gasteiger partial charge in [0.05, 0.1) is 17.9 Å². The van der Waals surface area contributed by atoms with E-state index in [2.05, 4.69) is 0 Å². The second-order valence-electron chi connectivity index (χ2n) is 2.97. The minimum atomic E-state index is -0.381. The van der Waals surface area contributed by atoms with Crippen molar-refractivity contribution >= 4 is 12.3 Å². The Bertz CT molecular complexity index is 366. The largest absolute Gasteiger partial charge is 0.462 e. The summed E-state index contributed by atoms with van der Waals surface area (Å²) in [4.78, 5) is 22.0. The highest BCUT2D eigenvalue weighted by Gasteiger charge is 2.15. The molecule has 0 aliphatic heterocycles. The molecular weight excluding hydrogens is 182 g/mol. The van der Waals surface area contributed by atoms with E-state index in [0.717, 1.165) is 12.0 Å². The Morgan fingerprint density at radius 2 is 2.29 bits per heavy atom. The number of hydrogen-bond donors (Lipinski definition) is 0. The molecule has 0 aliphatic carbocycles. The second kappa shape index (κ2) is 4.09. The third kappa shape index (κ3) is 1.69. The van der Waals surface area contributed by atoms with Gasteiger partial charge in [-0.2, -0.15) is 0 Å². The van der Waals surface area contributed by atoms with E-state index in [4.69, 9.17) is 4.74 Å². The van der Waals surface area contributed by atoms with E-state index in [1.54, 1.807) is 31.5 Å². The first kappa shape index (κ1) is 10.5. The number of nitrogens with zero attached hydrogens (tertiary/aromatic N) is 1. The number of hydrogen-bond acceptors (Lipinski definition) is 3. The summed E-state index contributed by atoms with van der Waals surface area (Å²) in [6.45, 7) is 3.86. The minimum Gasteiger partial charge on any atom is -0.462 e. The van der Waals surface area contributed by atoms with Gasteiger partial charge in [-0.25, -0.2) is 4.79 Å². The van der Waals surface area contributed by atoms with Crippen molar-refractivity contribution in [3.05, 3.63) is 23.0 Å². The Hall–Kier alpha value is -1.58. The highest BCUT2D eigenvalue weighted by Crippen LogP contribution is 2.13. The van der Waals surface area contributed by atoms with Crippen LogP contribution >= 0.6 is 0 Å². The standard InChI is InChI=1S/C10H13NO3/c1-4-14-10(13)9-5-8(6-12)11(3)7(9)2/h5-6H,4H2,1-3H3. The van der Waals surface area contributed by atoms with E-state index >= 15 is 0 Å². The smallest absolute Gasteiger partial charge is 0.339 e. The molecule has 1 aromatic heterocycles. The highest BCUT2D eigenvalue weighted by molar-refractivity contribution is 5.93. The van der Waals surface area contributed by atoms with Gasteiger partial charge in [-0.3, -0.25) is 4.79 Å². The lowest BCUT2D eigenvalue weighted by molar-refractivity contribution is 0.0525. The number of carbonyl (C=O) groups is 2. The van der Waals surface area contributed by atoms with E-state index < -0.39 is 0 Å². The molecule has 1 aromatic rings. The summed E-state index contributed by atoms with van der Waals surface area (Å²) in [5.41, 5.74) is 1.67. The van der Waals surface area contributed by atoms with Crippen molar-refractivity contribution in [2.45, 2.75) is 13.8 Å². The van der Waals surface area contributed by atoms with Crippen molar-refractivity contribution in [3.8, 4) is 0 Å². The topological polar surface area (TPSA) is 48.3 Å². The molecule has 0 spiro atoms. The SMILES string of the molecule is CCOC(=O)c1cc(C=O)n(C)c1C. The summed E-state index contributed by atoms with van der Waals surface area (Å²) in [5.74, 6) is -0.381. The first-order chi connectivity index (χ1) is 6.61. The molecule has 0 fully saturated rings. The van der Waals surface area contributed by atoms with Gasteiger partial charge in [0.15, 0.2) is 6.29 Å². The van der Waals surface area contributed by atoms with Crippen LogP contribution in [0, 0.1) is 6.92 Å². The monoisotopic (exact) mass is 195 g/mol. The zero-order chi connectivity index (χ0) is 10.7. The fraction of sp³-hybridized carbons (Fsp3) is 0.400.